The van der Waals surface area contributed by atoms with Crippen LogP contribution in [0.1, 0.15) is 36.0 Å². The van der Waals surface area contributed by atoms with E-state index in [2.05, 4.69) is 17.3 Å². The van der Waals surface area contributed by atoms with E-state index in [4.69, 9.17) is 23.2 Å². The van der Waals surface area contributed by atoms with Gasteiger partial charge in [-0.2, -0.15) is 0 Å². The lowest BCUT2D eigenvalue weighted by Gasteiger charge is -2.44. The van der Waals surface area contributed by atoms with Crippen LogP contribution < -0.4 is 5.32 Å². The van der Waals surface area contributed by atoms with Crippen LogP contribution in [0.5, 0.6) is 0 Å². The molecule has 120 valence electrons. The van der Waals surface area contributed by atoms with Crippen molar-refractivity contribution in [2.24, 2.45) is 11.8 Å². The molecule has 22 heavy (non-hydrogen) atoms. The van der Waals surface area contributed by atoms with Crippen LogP contribution in [-0.2, 0) is 0 Å². The molecule has 1 aliphatic heterocycles. The van der Waals surface area contributed by atoms with Crippen molar-refractivity contribution < 1.29 is 4.79 Å². The molecule has 1 N–H and O–H groups in total. The van der Waals surface area contributed by atoms with Crippen LogP contribution in [0.4, 0.5) is 0 Å². The third-order valence-electron chi connectivity index (χ3n) is 5.11. The van der Waals surface area contributed by atoms with Crippen molar-refractivity contribution in [3.05, 3.63) is 33.8 Å². The lowest BCUT2D eigenvalue weighted by molar-refractivity contribution is 0.0650. The number of benzene rings is 1. The molecule has 1 aromatic carbocycles. The quantitative estimate of drug-likeness (QED) is 0.886. The van der Waals surface area contributed by atoms with E-state index in [1.165, 1.54) is 25.8 Å². The van der Waals surface area contributed by atoms with E-state index in [9.17, 15) is 4.79 Å². The van der Waals surface area contributed by atoms with Crippen molar-refractivity contribution in [3.63, 3.8) is 0 Å². The zero-order chi connectivity index (χ0) is 15.7. The smallest absolute Gasteiger partial charge is 0.251 e. The molecular weight excluding hydrogens is 319 g/mol. The van der Waals surface area contributed by atoms with Crippen LogP contribution in [0.15, 0.2) is 18.2 Å². The summed E-state index contributed by atoms with van der Waals surface area (Å²) in [5, 5.41) is 4.14. The molecule has 5 heteroatoms. The maximum absolute atomic E-state index is 12.5. The van der Waals surface area contributed by atoms with Gasteiger partial charge in [0.05, 0.1) is 10.0 Å². The van der Waals surface area contributed by atoms with E-state index in [1.54, 1.807) is 18.2 Å². The number of carbonyl (C=O) groups is 1. The molecule has 2 aliphatic rings. The molecule has 0 spiro atoms. The van der Waals surface area contributed by atoms with Crippen molar-refractivity contribution in [2.45, 2.75) is 31.7 Å². The zero-order valence-corrected chi connectivity index (χ0v) is 14.3. The highest BCUT2D eigenvalue weighted by Gasteiger charge is 2.37. The monoisotopic (exact) mass is 340 g/mol. The number of fused-ring (bicyclic) bond motifs is 1. The molecule has 2 fully saturated rings. The number of nitrogens with zero attached hydrogens (tertiary/aromatic N) is 1. The average molecular weight is 341 g/mol. The number of nitrogens with one attached hydrogen (secondary N) is 1. The van der Waals surface area contributed by atoms with Crippen LogP contribution >= 0.6 is 23.2 Å². The molecule has 3 atom stereocenters. The maximum Gasteiger partial charge on any atom is 0.251 e. The van der Waals surface area contributed by atoms with Gasteiger partial charge in [0.15, 0.2) is 0 Å². The van der Waals surface area contributed by atoms with E-state index in [-0.39, 0.29) is 11.9 Å². The summed E-state index contributed by atoms with van der Waals surface area (Å²) in [6.07, 6.45) is 4.83. The number of hydrogen-bond acceptors (Lipinski definition) is 2. The summed E-state index contributed by atoms with van der Waals surface area (Å²) in [7, 11) is 2.17. The van der Waals surface area contributed by atoms with Gasteiger partial charge in [0.2, 0.25) is 0 Å². The van der Waals surface area contributed by atoms with Gasteiger partial charge in [-0.05, 0) is 62.9 Å². The standard InChI is InChI=1S/C17H22Cl2N2O/c1-21-8-7-11-3-2-4-16(13(11)10-21)20-17(22)12-5-6-14(18)15(19)9-12/h5-6,9,11,13,16H,2-4,7-8,10H2,1H3,(H,20,22)/t11-,13+,16-/m1/s1. The Bertz CT molecular complexity index is 564. The molecule has 0 unspecified atom stereocenters. The summed E-state index contributed by atoms with van der Waals surface area (Å²) >= 11 is 11.9. The summed E-state index contributed by atoms with van der Waals surface area (Å²) in [5.41, 5.74) is 0.584. The topological polar surface area (TPSA) is 32.3 Å². The molecule has 1 aromatic rings. The van der Waals surface area contributed by atoms with Gasteiger partial charge in [-0.25, -0.2) is 0 Å². The molecule has 1 aliphatic carbocycles. The summed E-state index contributed by atoms with van der Waals surface area (Å²) in [4.78, 5) is 14.9. The summed E-state index contributed by atoms with van der Waals surface area (Å²) < 4.78 is 0. The Balaban J connectivity index is 1.70. The molecule has 1 saturated carbocycles. The van der Waals surface area contributed by atoms with Crippen molar-refractivity contribution in [1.29, 1.82) is 0 Å². The fourth-order valence-electron chi connectivity index (χ4n) is 3.90. The number of hydrogen-bond donors (Lipinski definition) is 1. The summed E-state index contributed by atoms with van der Waals surface area (Å²) in [6, 6.07) is 5.32. The predicted octanol–water partition coefficient (Wildman–Crippen LogP) is 3.84. The molecular formula is C17H22Cl2N2O. The number of carbonyl (C=O) groups excluding carboxylic acids is 1. The third-order valence-corrected chi connectivity index (χ3v) is 5.85. The lowest BCUT2D eigenvalue weighted by atomic mass is 9.72. The number of piperidine rings is 1. The van der Waals surface area contributed by atoms with Crippen molar-refractivity contribution in [2.75, 3.05) is 20.1 Å². The first kappa shape index (κ1) is 16.1. The van der Waals surface area contributed by atoms with Crippen molar-refractivity contribution in [1.82, 2.24) is 10.2 Å². The number of amides is 1. The Morgan fingerprint density at radius 1 is 1.23 bits per heavy atom. The molecule has 1 amide bonds. The Labute approximate surface area is 142 Å². The second-order valence-electron chi connectivity index (χ2n) is 6.61. The van der Waals surface area contributed by atoms with Crippen LogP contribution in [0.2, 0.25) is 10.0 Å². The highest BCUT2D eigenvalue weighted by Crippen LogP contribution is 2.36. The second kappa shape index (κ2) is 6.77. The Morgan fingerprint density at radius 3 is 2.82 bits per heavy atom. The van der Waals surface area contributed by atoms with E-state index in [1.807, 2.05) is 0 Å². The van der Waals surface area contributed by atoms with Crippen LogP contribution in [0.25, 0.3) is 0 Å². The first-order valence-corrected chi connectivity index (χ1v) is 8.74. The largest absolute Gasteiger partial charge is 0.349 e. The Hall–Kier alpha value is -0.770. The normalized spacial score (nSPS) is 29.0. The molecule has 3 rings (SSSR count). The number of likely N-dealkylation sites (tertiary alicyclic amines) is 1. The van der Waals surface area contributed by atoms with Gasteiger partial charge in [0.1, 0.15) is 0 Å². The average Bonchev–Trinajstić information content (AvgIpc) is 2.50. The summed E-state index contributed by atoms with van der Waals surface area (Å²) in [6.45, 7) is 2.26. The fourth-order valence-corrected chi connectivity index (χ4v) is 4.20. The van der Waals surface area contributed by atoms with E-state index < -0.39 is 0 Å². The lowest BCUT2D eigenvalue weighted by Crippen LogP contribution is -2.52. The molecule has 0 aromatic heterocycles. The first-order valence-electron chi connectivity index (χ1n) is 7.99. The van der Waals surface area contributed by atoms with Gasteiger partial charge in [-0.3, -0.25) is 4.79 Å². The van der Waals surface area contributed by atoms with Gasteiger partial charge in [-0.1, -0.05) is 29.6 Å². The maximum atomic E-state index is 12.5. The first-order chi connectivity index (χ1) is 10.5. The Kier molecular flexibility index (Phi) is 4.96. The summed E-state index contributed by atoms with van der Waals surface area (Å²) in [5.74, 6) is 1.28. The van der Waals surface area contributed by atoms with Crippen LogP contribution in [-0.4, -0.2) is 37.0 Å². The highest BCUT2D eigenvalue weighted by atomic mass is 35.5. The van der Waals surface area contributed by atoms with Crippen LogP contribution in [0, 0.1) is 11.8 Å². The van der Waals surface area contributed by atoms with Crippen molar-refractivity contribution in [3.8, 4) is 0 Å². The van der Waals surface area contributed by atoms with Gasteiger partial charge in [-0.15, -0.1) is 0 Å². The van der Waals surface area contributed by atoms with Gasteiger partial charge < -0.3 is 10.2 Å². The zero-order valence-electron chi connectivity index (χ0n) is 12.8. The minimum atomic E-state index is -0.0440. The van der Waals surface area contributed by atoms with Gasteiger partial charge in [0.25, 0.3) is 5.91 Å². The van der Waals surface area contributed by atoms with Gasteiger partial charge >= 0.3 is 0 Å². The third kappa shape index (κ3) is 3.42. The molecule has 0 radical (unpaired) electrons. The predicted molar refractivity (Wildman–Crippen MR) is 90.7 cm³/mol. The second-order valence-corrected chi connectivity index (χ2v) is 7.43. The van der Waals surface area contributed by atoms with Crippen LogP contribution in [0.3, 0.4) is 0 Å². The van der Waals surface area contributed by atoms with E-state index in [0.717, 1.165) is 18.9 Å². The van der Waals surface area contributed by atoms with Gasteiger partial charge in [0, 0.05) is 18.2 Å². The highest BCUT2D eigenvalue weighted by molar-refractivity contribution is 6.42. The molecule has 1 heterocycles. The minimum Gasteiger partial charge on any atom is -0.349 e. The fraction of sp³-hybridized carbons (Fsp3) is 0.588. The molecule has 3 nitrogen and oxygen atoms in total. The number of halogens is 2. The minimum absolute atomic E-state index is 0.0440. The van der Waals surface area contributed by atoms with Crippen molar-refractivity contribution >= 4 is 29.1 Å². The number of rotatable bonds is 2. The SMILES string of the molecule is CN1CC[C@H]2CCC[C@@H](NC(=O)c3ccc(Cl)c(Cl)c3)[C@H]2C1. The Morgan fingerprint density at radius 2 is 2.05 bits per heavy atom. The molecule has 0 bridgehead atoms. The van der Waals surface area contributed by atoms with E-state index in [0.29, 0.717) is 21.5 Å². The van der Waals surface area contributed by atoms with E-state index >= 15 is 0 Å². The molecule has 1 saturated heterocycles.